The third-order valence-electron chi connectivity index (χ3n) is 2.91. The van der Waals surface area contributed by atoms with Gasteiger partial charge in [-0.3, -0.25) is 4.79 Å². The summed E-state index contributed by atoms with van der Waals surface area (Å²) in [5.41, 5.74) is 0.780. The maximum absolute atomic E-state index is 12.0. The van der Waals surface area contributed by atoms with Crippen LogP contribution in [-0.2, 0) is 0 Å². The van der Waals surface area contributed by atoms with Gasteiger partial charge in [-0.1, -0.05) is 31.7 Å². The van der Waals surface area contributed by atoms with Crippen LogP contribution in [0.3, 0.4) is 0 Å². The van der Waals surface area contributed by atoms with Crippen LogP contribution in [0.1, 0.15) is 54.9 Å². The lowest BCUT2D eigenvalue weighted by Gasteiger charge is -2.14. The van der Waals surface area contributed by atoms with E-state index >= 15 is 0 Å². The molecular weight excluding hydrogens is 270 g/mol. The molecule has 0 aromatic carbocycles. The predicted octanol–water partition coefficient (Wildman–Crippen LogP) is 3.05. The molecule has 0 aliphatic heterocycles. The summed E-state index contributed by atoms with van der Waals surface area (Å²) >= 11 is 6.89. The molecule has 1 heterocycles. The Morgan fingerprint density at radius 3 is 2.78 bits per heavy atom. The number of carbonyl (C=O) groups is 1. The van der Waals surface area contributed by atoms with Gasteiger partial charge in [0.05, 0.1) is 5.69 Å². The fraction of sp³-hybridized carbons (Fsp3) is 0.750. The second kappa shape index (κ2) is 7.69. The van der Waals surface area contributed by atoms with Crippen LogP contribution in [0.2, 0.25) is 0 Å². The lowest BCUT2D eigenvalue weighted by Crippen LogP contribution is -2.29. The summed E-state index contributed by atoms with van der Waals surface area (Å²) in [6.07, 6.45) is 1.95. The molecule has 0 aliphatic carbocycles. The maximum Gasteiger partial charge on any atom is 0.264 e. The lowest BCUT2D eigenvalue weighted by molar-refractivity contribution is 0.0949. The van der Waals surface area contributed by atoms with Crippen molar-refractivity contribution in [3.63, 3.8) is 0 Å². The van der Waals surface area contributed by atoms with E-state index in [2.05, 4.69) is 21.8 Å². The Morgan fingerprint density at radius 1 is 1.50 bits per heavy atom. The minimum absolute atomic E-state index is 0.0678. The molecule has 1 unspecified atom stereocenters. The smallest absolute Gasteiger partial charge is 0.264 e. The molecule has 1 rings (SSSR count). The van der Waals surface area contributed by atoms with E-state index in [-0.39, 0.29) is 11.8 Å². The van der Waals surface area contributed by atoms with Gasteiger partial charge in [-0.05, 0) is 29.8 Å². The molecule has 6 heteroatoms. The van der Waals surface area contributed by atoms with Gasteiger partial charge in [-0.25, -0.2) is 0 Å². The van der Waals surface area contributed by atoms with Gasteiger partial charge in [0.2, 0.25) is 0 Å². The third kappa shape index (κ3) is 4.21. The average Bonchev–Trinajstić information content (AvgIpc) is 2.83. The second-order valence-corrected chi connectivity index (χ2v) is 5.74. The van der Waals surface area contributed by atoms with Crippen LogP contribution < -0.4 is 5.32 Å². The number of amides is 1. The van der Waals surface area contributed by atoms with Gasteiger partial charge in [0, 0.05) is 12.4 Å². The molecule has 18 heavy (non-hydrogen) atoms. The fourth-order valence-electron chi connectivity index (χ4n) is 1.65. The molecule has 1 amide bonds. The molecule has 0 fully saturated rings. The number of halogens is 1. The molecule has 102 valence electrons. The van der Waals surface area contributed by atoms with Crippen molar-refractivity contribution in [2.24, 2.45) is 5.92 Å². The average molecular weight is 290 g/mol. The summed E-state index contributed by atoms with van der Waals surface area (Å²) in [6.45, 7) is 6.79. The first kappa shape index (κ1) is 15.4. The van der Waals surface area contributed by atoms with Crippen molar-refractivity contribution < 1.29 is 4.79 Å². The molecule has 0 saturated heterocycles. The first-order valence-electron chi connectivity index (χ1n) is 6.26. The number of nitrogens with zero attached hydrogens (tertiary/aromatic N) is 2. The van der Waals surface area contributed by atoms with Gasteiger partial charge in [0.1, 0.15) is 4.88 Å². The summed E-state index contributed by atoms with van der Waals surface area (Å²) in [5, 5.41) is 6.96. The van der Waals surface area contributed by atoms with Crippen molar-refractivity contribution in [1.29, 1.82) is 0 Å². The van der Waals surface area contributed by atoms with E-state index in [4.69, 9.17) is 11.6 Å². The van der Waals surface area contributed by atoms with Gasteiger partial charge in [0.25, 0.3) is 5.91 Å². The lowest BCUT2D eigenvalue weighted by atomic mass is 10.0. The van der Waals surface area contributed by atoms with Crippen molar-refractivity contribution in [2.45, 2.75) is 39.5 Å². The Balaban J connectivity index is 2.57. The molecule has 1 atom stereocenters. The maximum atomic E-state index is 12.0. The van der Waals surface area contributed by atoms with E-state index in [9.17, 15) is 4.79 Å². The van der Waals surface area contributed by atoms with Crippen molar-refractivity contribution >= 4 is 29.0 Å². The van der Waals surface area contributed by atoms with Gasteiger partial charge in [-0.2, -0.15) is 0 Å². The number of aromatic nitrogens is 2. The SMILES string of the molecule is CCC(CCCl)CNC(=O)c1snnc1C(C)C. The zero-order valence-corrected chi connectivity index (χ0v) is 12.6. The molecule has 0 aliphatic rings. The highest BCUT2D eigenvalue weighted by Crippen LogP contribution is 2.19. The van der Waals surface area contributed by atoms with Crippen LogP contribution >= 0.6 is 23.1 Å². The summed E-state index contributed by atoms with van der Waals surface area (Å²) in [6, 6.07) is 0. The summed E-state index contributed by atoms with van der Waals surface area (Å²) in [4.78, 5) is 12.7. The highest BCUT2D eigenvalue weighted by molar-refractivity contribution is 7.08. The Kier molecular flexibility index (Phi) is 6.57. The largest absolute Gasteiger partial charge is 0.351 e. The highest BCUT2D eigenvalue weighted by atomic mass is 35.5. The van der Waals surface area contributed by atoms with Gasteiger partial charge < -0.3 is 5.32 Å². The van der Waals surface area contributed by atoms with E-state index in [0.717, 1.165) is 30.1 Å². The Hall–Kier alpha value is -0.680. The zero-order chi connectivity index (χ0) is 13.5. The number of hydrogen-bond donors (Lipinski definition) is 1. The van der Waals surface area contributed by atoms with E-state index < -0.39 is 0 Å². The fourth-order valence-corrected chi connectivity index (χ4v) is 2.70. The van der Waals surface area contributed by atoms with E-state index in [0.29, 0.717) is 23.2 Å². The minimum atomic E-state index is -0.0678. The topological polar surface area (TPSA) is 54.9 Å². The number of hydrogen-bond acceptors (Lipinski definition) is 4. The molecule has 1 N–H and O–H groups in total. The predicted molar refractivity (Wildman–Crippen MR) is 75.4 cm³/mol. The summed E-state index contributed by atoms with van der Waals surface area (Å²) in [7, 11) is 0. The second-order valence-electron chi connectivity index (χ2n) is 4.60. The third-order valence-corrected chi connectivity index (χ3v) is 3.87. The van der Waals surface area contributed by atoms with Crippen molar-refractivity contribution in [1.82, 2.24) is 14.9 Å². The molecule has 0 bridgehead atoms. The van der Waals surface area contributed by atoms with Crippen LogP contribution in [-0.4, -0.2) is 27.9 Å². The van der Waals surface area contributed by atoms with Gasteiger partial charge >= 0.3 is 0 Å². The monoisotopic (exact) mass is 289 g/mol. The first-order valence-corrected chi connectivity index (χ1v) is 7.57. The Labute approximate surface area is 117 Å². The number of nitrogens with one attached hydrogen (secondary N) is 1. The van der Waals surface area contributed by atoms with Crippen molar-refractivity contribution in [3.8, 4) is 0 Å². The molecule has 0 radical (unpaired) electrons. The van der Waals surface area contributed by atoms with Crippen LogP contribution in [0, 0.1) is 5.92 Å². The number of carbonyl (C=O) groups excluding carboxylic acids is 1. The molecule has 0 spiro atoms. The van der Waals surface area contributed by atoms with Gasteiger partial charge in [0.15, 0.2) is 0 Å². The van der Waals surface area contributed by atoms with Crippen LogP contribution in [0.25, 0.3) is 0 Å². The normalized spacial score (nSPS) is 12.7. The van der Waals surface area contributed by atoms with E-state index in [1.807, 2.05) is 13.8 Å². The highest BCUT2D eigenvalue weighted by Gasteiger charge is 2.19. The number of alkyl halides is 1. The number of rotatable bonds is 7. The summed E-state index contributed by atoms with van der Waals surface area (Å²) < 4.78 is 3.86. The van der Waals surface area contributed by atoms with E-state index in [1.165, 1.54) is 0 Å². The van der Waals surface area contributed by atoms with E-state index in [1.54, 1.807) is 0 Å². The van der Waals surface area contributed by atoms with Crippen molar-refractivity contribution in [3.05, 3.63) is 10.6 Å². The standard InChI is InChI=1S/C12H20ClN3OS/c1-4-9(5-6-13)7-14-12(17)11-10(8(2)3)15-16-18-11/h8-9H,4-7H2,1-3H3,(H,14,17). The van der Waals surface area contributed by atoms with Crippen molar-refractivity contribution in [2.75, 3.05) is 12.4 Å². The zero-order valence-electron chi connectivity index (χ0n) is 11.1. The quantitative estimate of drug-likeness (QED) is 0.785. The van der Waals surface area contributed by atoms with Crippen LogP contribution in [0.15, 0.2) is 0 Å². The van der Waals surface area contributed by atoms with Crippen LogP contribution in [0.5, 0.6) is 0 Å². The van der Waals surface area contributed by atoms with Gasteiger partial charge in [-0.15, -0.1) is 16.7 Å². The first-order chi connectivity index (χ1) is 8.60. The molecular formula is C12H20ClN3OS. The van der Waals surface area contributed by atoms with Crippen LogP contribution in [0.4, 0.5) is 0 Å². The summed E-state index contributed by atoms with van der Waals surface area (Å²) in [5.74, 6) is 1.22. The molecule has 0 saturated carbocycles. The molecule has 4 nitrogen and oxygen atoms in total. The minimum Gasteiger partial charge on any atom is -0.351 e. The molecule has 1 aromatic rings. The Morgan fingerprint density at radius 2 is 2.22 bits per heavy atom. The Bertz CT molecular complexity index is 381. The molecule has 1 aromatic heterocycles.